The van der Waals surface area contributed by atoms with Gasteiger partial charge in [0.1, 0.15) is 0 Å². The molecule has 0 amide bonds. The first-order valence-corrected chi connectivity index (χ1v) is 8.98. The van der Waals surface area contributed by atoms with E-state index in [-0.39, 0.29) is 18.3 Å². The molecule has 0 fully saturated rings. The summed E-state index contributed by atoms with van der Waals surface area (Å²) in [6.45, 7) is 12.1. The Hall–Kier alpha value is 0.763. The number of rotatable bonds is 6. The van der Waals surface area contributed by atoms with Gasteiger partial charge in [0.25, 0.3) is 0 Å². The second kappa shape index (κ2) is 7.11. The van der Waals surface area contributed by atoms with Gasteiger partial charge in [-0.3, -0.25) is 0 Å². The van der Waals surface area contributed by atoms with Gasteiger partial charge in [0, 0.05) is 0 Å². The molecule has 4 heteroatoms. The van der Waals surface area contributed by atoms with Crippen LogP contribution in [0.25, 0.3) is 0 Å². The zero-order chi connectivity index (χ0) is 10.4. The van der Waals surface area contributed by atoms with Gasteiger partial charge in [0.05, 0.1) is 0 Å². The summed E-state index contributed by atoms with van der Waals surface area (Å²) in [7, 11) is 0. The molecule has 0 saturated heterocycles. The first-order chi connectivity index (χ1) is 5.91. The van der Waals surface area contributed by atoms with Gasteiger partial charge in [-0.15, -0.1) is 0 Å². The molecule has 0 aromatic carbocycles. The molecule has 0 bridgehead atoms. The summed E-state index contributed by atoms with van der Waals surface area (Å²) < 4.78 is 16.9. The van der Waals surface area contributed by atoms with Crippen molar-refractivity contribution in [1.29, 1.82) is 0 Å². The molecule has 0 aliphatic carbocycles. The van der Waals surface area contributed by atoms with Crippen LogP contribution in [0.1, 0.15) is 41.5 Å². The van der Waals surface area contributed by atoms with Crippen molar-refractivity contribution in [1.82, 2.24) is 0 Å². The Bertz CT molecular complexity index is 102. The van der Waals surface area contributed by atoms with Gasteiger partial charge in [-0.1, -0.05) is 0 Å². The van der Waals surface area contributed by atoms with Crippen LogP contribution in [-0.2, 0) is 8.44 Å². The normalized spacial score (nSPS) is 12.5. The quantitative estimate of drug-likeness (QED) is 0.656. The van der Waals surface area contributed by atoms with E-state index in [1.54, 1.807) is 0 Å². The van der Waals surface area contributed by atoms with Crippen LogP contribution in [0.4, 0.5) is 0 Å². The molecule has 0 spiro atoms. The van der Waals surface area contributed by atoms with Crippen LogP contribution in [-0.4, -0.2) is 41.4 Å². The minimum absolute atomic E-state index is 0.204. The molecule has 80 valence electrons. The first-order valence-electron chi connectivity index (χ1n) is 4.72. The molecular formula is C9H21BiO3. The third-order valence-electron chi connectivity index (χ3n) is 0.891. The number of hydrogen-bond acceptors (Lipinski definition) is 3. The summed E-state index contributed by atoms with van der Waals surface area (Å²) in [4.78, 5) is 0. The van der Waals surface area contributed by atoms with Crippen molar-refractivity contribution in [2.75, 3.05) is 0 Å². The average Bonchev–Trinajstić information content (AvgIpc) is 1.80. The molecule has 0 unspecified atom stereocenters. The Morgan fingerprint density at radius 2 is 0.846 bits per heavy atom. The Balaban J connectivity index is 3.87. The van der Waals surface area contributed by atoms with Gasteiger partial charge >= 0.3 is 91.4 Å². The van der Waals surface area contributed by atoms with Crippen molar-refractivity contribution in [2.45, 2.75) is 59.9 Å². The van der Waals surface area contributed by atoms with Crippen molar-refractivity contribution in [3.63, 3.8) is 0 Å². The number of hydrogen-bond donors (Lipinski definition) is 0. The zero-order valence-electron chi connectivity index (χ0n) is 9.40. The molecule has 0 aromatic rings. The molecule has 3 nitrogen and oxygen atoms in total. The van der Waals surface area contributed by atoms with E-state index >= 15 is 0 Å². The predicted molar refractivity (Wildman–Crippen MR) is 54.4 cm³/mol. The van der Waals surface area contributed by atoms with Crippen molar-refractivity contribution < 1.29 is 8.44 Å². The predicted octanol–water partition coefficient (Wildman–Crippen LogP) is 2.25. The van der Waals surface area contributed by atoms with Gasteiger partial charge < -0.3 is 0 Å². The van der Waals surface area contributed by atoms with E-state index in [0.29, 0.717) is 0 Å². The van der Waals surface area contributed by atoms with E-state index in [2.05, 4.69) is 0 Å². The van der Waals surface area contributed by atoms with Crippen molar-refractivity contribution in [3.8, 4) is 0 Å². The molecule has 0 N–H and O–H groups in total. The molecule has 0 aliphatic rings. The maximum absolute atomic E-state index is 5.63. The van der Waals surface area contributed by atoms with Gasteiger partial charge in [-0.2, -0.15) is 0 Å². The summed E-state index contributed by atoms with van der Waals surface area (Å²) in [5, 5.41) is 0. The average molecular weight is 386 g/mol. The topological polar surface area (TPSA) is 27.7 Å². The fourth-order valence-corrected chi connectivity index (χ4v) is 5.19. The monoisotopic (exact) mass is 386 g/mol. The summed E-state index contributed by atoms with van der Waals surface area (Å²) in [6.07, 6.45) is 0.612. The van der Waals surface area contributed by atoms with Crippen molar-refractivity contribution in [3.05, 3.63) is 0 Å². The molecule has 0 aromatic heterocycles. The molecule has 0 rings (SSSR count). The van der Waals surface area contributed by atoms with Crippen molar-refractivity contribution >= 4 is 23.1 Å². The van der Waals surface area contributed by atoms with E-state index in [4.69, 9.17) is 8.44 Å². The second-order valence-electron chi connectivity index (χ2n) is 3.69. The fourth-order valence-electron chi connectivity index (χ4n) is 0.591. The van der Waals surface area contributed by atoms with Crippen LogP contribution in [0.5, 0.6) is 0 Å². The molecule has 0 atom stereocenters. The van der Waals surface area contributed by atoms with Crippen LogP contribution in [0.15, 0.2) is 0 Å². The van der Waals surface area contributed by atoms with Gasteiger partial charge in [0.2, 0.25) is 0 Å². The van der Waals surface area contributed by atoms with E-state index in [1.807, 2.05) is 41.5 Å². The SMILES string of the molecule is CC(C)[O][Bi]([O]C(C)C)[O]C(C)C. The Kier molecular flexibility index (Phi) is 7.52. The molecule has 13 heavy (non-hydrogen) atoms. The summed E-state index contributed by atoms with van der Waals surface area (Å²) >= 11 is -2.54. The molecule has 0 heterocycles. The second-order valence-corrected chi connectivity index (χ2v) is 7.88. The van der Waals surface area contributed by atoms with Crippen molar-refractivity contribution in [2.24, 2.45) is 0 Å². The summed E-state index contributed by atoms with van der Waals surface area (Å²) in [5.41, 5.74) is 0. The third kappa shape index (κ3) is 9.08. The van der Waals surface area contributed by atoms with E-state index in [0.717, 1.165) is 0 Å². The van der Waals surface area contributed by atoms with Gasteiger partial charge in [-0.05, 0) is 0 Å². The third-order valence-corrected chi connectivity index (χ3v) is 7.82. The van der Waals surface area contributed by atoms with E-state index < -0.39 is 23.1 Å². The zero-order valence-corrected chi connectivity index (χ0v) is 12.9. The Morgan fingerprint density at radius 3 is 1.00 bits per heavy atom. The Labute approximate surface area is 91.3 Å². The fraction of sp³-hybridized carbons (Fsp3) is 1.00. The van der Waals surface area contributed by atoms with E-state index in [9.17, 15) is 0 Å². The Morgan fingerprint density at radius 1 is 0.615 bits per heavy atom. The minimum atomic E-state index is -2.54. The molecular weight excluding hydrogens is 365 g/mol. The molecule has 0 radical (unpaired) electrons. The van der Waals surface area contributed by atoms with Crippen LogP contribution in [0.3, 0.4) is 0 Å². The van der Waals surface area contributed by atoms with Crippen LogP contribution in [0.2, 0.25) is 0 Å². The standard InChI is InChI=1S/3C3H7O.Bi/c3*1-3(2)4;/h3*3H,1-2H3;/q3*-1;+3. The maximum atomic E-state index is 5.63. The van der Waals surface area contributed by atoms with Gasteiger partial charge in [0.15, 0.2) is 0 Å². The van der Waals surface area contributed by atoms with Crippen LogP contribution < -0.4 is 0 Å². The molecule has 0 aliphatic heterocycles. The summed E-state index contributed by atoms with van der Waals surface area (Å²) in [5.74, 6) is 0. The van der Waals surface area contributed by atoms with Crippen LogP contribution in [0, 0.1) is 0 Å². The first kappa shape index (κ1) is 13.8. The van der Waals surface area contributed by atoms with Crippen LogP contribution >= 0.6 is 0 Å². The summed E-state index contributed by atoms with van der Waals surface area (Å²) in [6, 6.07) is 0. The molecule has 0 saturated carbocycles. The van der Waals surface area contributed by atoms with Gasteiger partial charge in [-0.25, -0.2) is 0 Å². The van der Waals surface area contributed by atoms with E-state index in [1.165, 1.54) is 0 Å².